The van der Waals surface area contributed by atoms with Gasteiger partial charge in [-0.3, -0.25) is 4.79 Å². The van der Waals surface area contributed by atoms with Crippen LogP contribution in [0.2, 0.25) is 0 Å². The zero-order chi connectivity index (χ0) is 14.2. The van der Waals surface area contributed by atoms with Gasteiger partial charge in [-0.2, -0.15) is 0 Å². The van der Waals surface area contributed by atoms with Crippen molar-refractivity contribution in [2.75, 3.05) is 18.6 Å². The summed E-state index contributed by atoms with van der Waals surface area (Å²) in [6.07, 6.45) is 0.942. The van der Waals surface area contributed by atoms with Gasteiger partial charge in [0, 0.05) is 20.6 Å². The Bertz CT molecular complexity index is 482. The molecule has 0 saturated carbocycles. The van der Waals surface area contributed by atoms with Crippen molar-refractivity contribution >= 4 is 28.2 Å². The van der Waals surface area contributed by atoms with Crippen LogP contribution in [0.4, 0.5) is 5.13 Å². The van der Waals surface area contributed by atoms with Crippen molar-refractivity contribution in [1.82, 2.24) is 4.98 Å². The number of carboxylic acid groups (broad SMARTS) is 1. The molecule has 2 atom stereocenters. The van der Waals surface area contributed by atoms with Crippen LogP contribution >= 0.6 is 11.3 Å². The van der Waals surface area contributed by atoms with E-state index in [0.717, 1.165) is 17.8 Å². The summed E-state index contributed by atoms with van der Waals surface area (Å²) in [4.78, 5) is 28.7. The molecule has 1 N–H and O–H groups in total. The maximum absolute atomic E-state index is 11.5. The Morgan fingerprint density at radius 2 is 2.21 bits per heavy atom. The molecule has 2 heterocycles. The lowest BCUT2D eigenvalue weighted by Gasteiger charge is -2.25. The van der Waals surface area contributed by atoms with Gasteiger partial charge in [0.05, 0.1) is 12.1 Å². The number of carbonyl (C=O) groups excluding carboxylic acids is 1. The number of aromatic carboxylic acids is 1. The summed E-state index contributed by atoms with van der Waals surface area (Å²) in [5.41, 5.74) is -0.161. The van der Waals surface area contributed by atoms with E-state index in [1.54, 1.807) is 0 Å². The van der Waals surface area contributed by atoms with Crippen molar-refractivity contribution in [2.24, 2.45) is 0 Å². The minimum Gasteiger partial charge on any atom is -0.476 e. The van der Waals surface area contributed by atoms with E-state index < -0.39 is 5.97 Å². The highest BCUT2D eigenvalue weighted by Gasteiger charge is 2.31. The van der Waals surface area contributed by atoms with Crippen LogP contribution in [-0.2, 0) is 4.74 Å². The summed E-state index contributed by atoms with van der Waals surface area (Å²) in [5.74, 6) is -1.44. The number of Topliss-reactive ketones (excluding diaryl/α,β-unsaturated/α-hetero) is 1. The first-order chi connectivity index (χ1) is 8.91. The molecule has 0 aliphatic carbocycles. The Balaban J connectivity index is 2.32. The maximum Gasteiger partial charge on any atom is 0.356 e. The Kier molecular flexibility index (Phi) is 3.86. The molecule has 1 fully saturated rings. The van der Waals surface area contributed by atoms with Gasteiger partial charge in [0.15, 0.2) is 16.6 Å². The number of thiazole rings is 1. The lowest BCUT2D eigenvalue weighted by molar-refractivity contribution is 0.0687. The lowest BCUT2D eigenvalue weighted by Crippen LogP contribution is -2.36. The number of ketones is 1. The monoisotopic (exact) mass is 284 g/mol. The average Bonchev–Trinajstić information content (AvgIpc) is 2.93. The number of hydrogen-bond donors (Lipinski definition) is 1. The summed E-state index contributed by atoms with van der Waals surface area (Å²) >= 11 is 1.12. The summed E-state index contributed by atoms with van der Waals surface area (Å²) in [6.45, 7) is 4.02. The fraction of sp³-hybridized carbons (Fsp3) is 0.583. The number of hydrogen-bond acceptors (Lipinski definition) is 6. The first-order valence-electron chi connectivity index (χ1n) is 6.01. The minimum atomic E-state index is -1.17. The molecule has 1 aliphatic rings. The van der Waals surface area contributed by atoms with E-state index in [1.165, 1.54) is 6.92 Å². The van der Waals surface area contributed by atoms with Crippen molar-refractivity contribution < 1.29 is 19.4 Å². The Morgan fingerprint density at radius 3 is 2.63 bits per heavy atom. The van der Waals surface area contributed by atoms with E-state index in [4.69, 9.17) is 9.84 Å². The molecular weight excluding hydrogens is 268 g/mol. The van der Waals surface area contributed by atoms with E-state index in [1.807, 2.05) is 18.9 Å². The highest BCUT2D eigenvalue weighted by molar-refractivity contribution is 7.17. The van der Waals surface area contributed by atoms with E-state index in [9.17, 15) is 9.59 Å². The molecule has 0 bridgehead atoms. The standard InChI is InChI=1S/C12H16N2O4S/c1-6(15)10-9(11(16)17)13-12(19-10)14(3)8-4-5-18-7(8)2/h7-8H,4-5H2,1-3H3,(H,16,17). The first-order valence-corrected chi connectivity index (χ1v) is 6.83. The summed E-state index contributed by atoms with van der Waals surface area (Å²) in [7, 11) is 1.85. The van der Waals surface area contributed by atoms with Gasteiger partial charge >= 0.3 is 5.97 Å². The lowest BCUT2D eigenvalue weighted by atomic mass is 10.1. The molecule has 6 nitrogen and oxygen atoms in total. The van der Waals surface area contributed by atoms with Crippen molar-refractivity contribution in [1.29, 1.82) is 0 Å². The van der Waals surface area contributed by atoms with E-state index >= 15 is 0 Å². The minimum absolute atomic E-state index is 0.0722. The fourth-order valence-corrected chi connectivity index (χ4v) is 3.19. The molecule has 0 amide bonds. The average molecular weight is 284 g/mol. The van der Waals surface area contributed by atoms with Crippen LogP contribution < -0.4 is 4.90 Å². The van der Waals surface area contributed by atoms with Crippen molar-refractivity contribution in [3.05, 3.63) is 10.6 Å². The van der Waals surface area contributed by atoms with Crippen LogP contribution in [0.1, 0.15) is 40.4 Å². The van der Waals surface area contributed by atoms with Crippen LogP contribution in [0, 0.1) is 0 Å². The molecular formula is C12H16N2O4S. The highest BCUT2D eigenvalue weighted by atomic mass is 32.1. The normalized spacial score (nSPS) is 22.5. The molecule has 1 aromatic rings. The molecule has 104 valence electrons. The van der Waals surface area contributed by atoms with Gasteiger partial charge in [-0.05, 0) is 13.3 Å². The molecule has 1 aromatic heterocycles. The molecule has 0 spiro atoms. The molecule has 19 heavy (non-hydrogen) atoms. The van der Waals surface area contributed by atoms with Crippen LogP contribution in [-0.4, -0.2) is 47.6 Å². The second kappa shape index (κ2) is 5.26. The smallest absolute Gasteiger partial charge is 0.356 e. The van der Waals surface area contributed by atoms with Gasteiger partial charge in [0.25, 0.3) is 0 Å². The third-order valence-corrected chi connectivity index (χ3v) is 4.52. The predicted octanol–water partition coefficient (Wildman–Crippen LogP) is 1.66. The number of nitrogens with zero attached hydrogens (tertiary/aromatic N) is 2. The van der Waals surface area contributed by atoms with Gasteiger partial charge in [-0.1, -0.05) is 11.3 Å². The van der Waals surface area contributed by atoms with Crippen molar-refractivity contribution in [3.63, 3.8) is 0 Å². The number of carbonyl (C=O) groups is 2. The fourth-order valence-electron chi connectivity index (χ4n) is 2.21. The van der Waals surface area contributed by atoms with Crippen molar-refractivity contribution in [3.8, 4) is 0 Å². The third-order valence-electron chi connectivity index (χ3n) is 3.27. The van der Waals surface area contributed by atoms with Gasteiger partial charge in [-0.25, -0.2) is 9.78 Å². The second-order valence-electron chi connectivity index (χ2n) is 4.58. The number of carboxylic acids is 1. The molecule has 7 heteroatoms. The van der Waals surface area contributed by atoms with E-state index in [2.05, 4.69) is 4.98 Å². The molecule has 0 aromatic carbocycles. The molecule has 1 saturated heterocycles. The number of likely N-dealkylation sites (N-methyl/N-ethyl adjacent to an activating group) is 1. The van der Waals surface area contributed by atoms with Crippen LogP contribution in [0.25, 0.3) is 0 Å². The van der Waals surface area contributed by atoms with Gasteiger partial charge in [-0.15, -0.1) is 0 Å². The molecule has 1 aliphatic heterocycles. The molecule has 2 rings (SSSR count). The number of rotatable bonds is 4. The molecule has 0 radical (unpaired) electrons. The molecule has 2 unspecified atom stereocenters. The third kappa shape index (κ3) is 2.62. The van der Waals surface area contributed by atoms with Gasteiger partial charge < -0.3 is 14.7 Å². The zero-order valence-corrected chi connectivity index (χ0v) is 11.9. The number of aromatic nitrogens is 1. The largest absolute Gasteiger partial charge is 0.476 e. The topological polar surface area (TPSA) is 79.7 Å². The summed E-state index contributed by atoms with van der Waals surface area (Å²) < 4.78 is 5.49. The SMILES string of the molecule is CC(=O)c1sc(N(C)C2CCOC2C)nc1C(=O)O. The van der Waals surface area contributed by atoms with Gasteiger partial charge in [0.1, 0.15) is 4.88 Å². The zero-order valence-electron chi connectivity index (χ0n) is 11.0. The highest BCUT2D eigenvalue weighted by Crippen LogP contribution is 2.30. The second-order valence-corrected chi connectivity index (χ2v) is 5.56. The van der Waals surface area contributed by atoms with Crippen LogP contribution in [0.5, 0.6) is 0 Å². The predicted molar refractivity (Wildman–Crippen MR) is 71.3 cm³/mol. The van der Waals surface area contributed by atoms with Crippen LogP contribution in [0.3, 0.4) is 0 Å². The van der Waals surface area contributed by atoms with Crippen molar-refractivity contribution in [2.45, 2.75) is 32.4 Å². The summed E-state index contributed by atoms with van der Waals surface area (Å²) in [5, 5.41) is 9.62. The quantitative estimate of drug-likeness (QED) is 0.847. The Labute approximate surface area is 115 Å². The van der Waals surface area contributed by atoms with Gasteiger partial charge in [0.2, 0.25) is 0 Å². The Hall–Kier alpha value is -1.47. The van der Waals surface area contributed by atoms with E-state index in [0.29, 0.717) is 11.7 Å². The van der Waals surface area contributed by atoms with Crippen LogP contribution in [0.15, 0.2) is 0 Å². The summed E-state index contributed by atoms with van der Waals surface area (Å²) in [6, 6.07) is 0.160. The first kappa shape index (κ1) is 14.0. The Morgan fingerprint density at radius 1 is 1.53 bits per heavy atom. The maximum atomic E-state index is 11.5. The number of anilines is 1. The van der Waals surface area contributed by atoms with E-state index in [-0.39, 0.29) is 28.5 Å². The number of ether oxygens (including phenoxy) is 1.